The lowest BCUT2D eigenvalue weighted by molar-refractivity contribution is 0.0559. The molecule has 1 atom stereocenters. The standard InChI is InChI=1S/C17H26O/c1-17(2,3)16(18)12-11-14-7-4-5-10-15(14)13-8-6-9-13/h4-5,7,10,13,16,18H,6,8-9,11-12H2,1-3H3. The van der Waals surface area contributed by atoms with E-state index in [1.54, 1.807) is 0 Å². The van der Waals surface area contributed by atoms with E-state index < -0.39 is 0 Å². The molecule has 1 unspecified atom stereocenters. The molecule has 100 valence electrons. The van der Waals surface area contributed by atoms with Gasteiger partial charge >= 0.3 is 0 Å². The maximum absolute atomic E-state index is 10.1. The maximum atomic E-state index is 10.1. The van der Waals surface area contributed by atoms with E-state index in [2.05, 4.69) is 45.0 Å². The molecule has 1 aliphatic rings. The van der Waals surface area contributed by atoms with Gasteiger partial charge in [-0.2, -0.15) is 0 Å². The summed E-state index contributed by atoms with van der Waals surface area (Å²) >= 11 is 0. The number of aliphatic hydroxyl groups excluding tert-OH is 1. The summed E-state index contributed by atoms with van der Waals surface area (Å²) < 4.78 is 0. The average molecular weight is 246 g/mol. The van der Waals surface area contributed by atoms with Gasteiger partial charge in [-0.15, -0.1) is 0 Å². The van der Waals surface area contributed by atoms with Crippen LogP contribution in [0.1, 0.15) is 63.5 Å². The zero-order chi connectivity index (χ0) is 13.2. The first-order valence-corrected chi connectivity index (χ1v) is 7.24. The Morgan fingerprint density at radius 1 is 1.22 bits per heavy atom. The molecule has 1 aromatic carbocycles. The Kier molecular flexibility index (Phi) is 4.11. The Bertz CT molecular complexity index is 385. The normalized spacial score (nSPS) is 18.4. The lowest BCUT2D eigenvalue weighted by Gasteiger charge is -2.29. The van der Waals surface area contributed by atoms with Gasteiger partial charge in [-0.05, 0) is 48.1 Å². The molecule has 1 fully saturated rings. The molecule has 1 aliphatic carbocycles. The monoisotopic (exact) mass is 246 g/mol. The fourth-order valence-corrected chi connectivity index (χ4v) is 2.60. The van der Waals surface area contributed by atoms with Crippen LogP contribution in [0.3, 0.4) is 0 Å². The van der Waals surface area contributed by atoms with Gasteiger partial charge in [0.2, 0.25) is 0 Å². The SMILES string of the molecule is CC(C)(C)C(O)CCc1ccccc1C1CCC1. The van der Waals surface area contributed by atoms with Crippen LogP contribution in [0.5, 0.6) is 0 Å². The molecule has 0 radical (unpaired) electrons. The molecule has 0 saturated heterocycles. The van der Waals surface area contributed by atoms with Crippen LogP contribution in [0, 0.1) is 5.41 Å². The highest BCUT2D eigenvalue weighted by molar-refractivity contribution is 5.31. The van der Waals surface area contributed by atoms with Crippen molar-refractivity contribution in [1.82, 2.24) is 0 Å². The van der Waals surface area contributed by atoms with Crippen molar-refractivity contribution >= 4 is 0 Å². The van der Waals surface area contributed by atoms with Crippen molar-refractivity contribution in [2.45, 2.75) is 64.9 Å². The number of aliphatic hydroxyl groups is 1. The van der Waals surface area contributed by atoms with Gasteiger partial charge in [-0.1, -0.05) is 51.5 Å². The Labute approximate surface area is 111 Å². The summed E-state index contributed by atoms with van der Waals surface area (Å²) in [5, 5.41) is 10.1. The van der Waals surface area contributed by atoms with Crippen LogP contribution in [0.15, 0.2) is 24.3 Å². The molecule has 18 heavy (non-hydrogen) atoms. The fraction of sp³-hybridized carbons (Fsp3) is 0.647. The van der Waals surface area contributed by atoms with E-state index in [4.69, 9.17) is 0 Å². The van der Waals surface area contributed by atoms with E-state index in [0.29, 0.717) is 0 Å². The van der Waals surface area contributed by atoms with Crippen molar-refractivity contribution in [3.63, 3.8) is 0 Å². The second-order valence-electron chi connectivity index (χ2n) is 6.75. The summed E-state index contributed by atoms with van der Waals surface area (Å²) in [5.41, 5.74) is 2.97. The van der Waals surface area contributed by atoms with Gasteiger partial charge in [0.05, 0.1) is 6.10 Å². The molecule has 2 rings (SSSR count). The van der Waals surface area contributed by atoms with E-state index in [1.165, 1.54) is 30.4 Å². The van der Waals surface area contributed by atoms with Crippen molar-refractivity contribution < 1.29 is 5.11 Å². The third-order valence-electron chi connectivity index (χ3n) is 4.29. The summed E-state index contributed by atoms with van der Waals surface area (Å²) in [6.07, 6.45) is 5.73. The zero-order valence-electron chi connectivity index (χ0n) is 11.9. The minimum Gasteiger partial charge on any atom is -0.393 e. The predicted molar refractivity (Wildman–Crippen MR) is 76.8 cm³/mol. The first kappa shape index (κ1) is 13.6. The number of benzene rings is 1. The Morgan fingerprint density at radius 2 is 1.89 bits per heavy atom. The molecule has 0 spiro atoms. The van der Waals surface area contributed by atoms with Crippen LogP contribution in [-0.2, 0) is 6.42 Å². The van der Waals surface area contributed by atoms with E-state index in [1.807, 2.05) is 0 Å². The molecule has 1 N–H and O–H groups in total. The largest absolute Gasteiger partial charge is 0.393 e. The van der Waals surface area contributed by atoms with Gasteiger partial charge in [-0.3, -0.25) is 0 Å². The summed E-state index contributed by atoms with van der Waals surface area (Å²) in [7, 11) is 0. The molecule has 1 nitrogen and oxygen atoms in total. The molecule has 1 heteroatoms. The minimum atomic E-state index is -0.216. The zero-order valence-corrected chi connectivity index (χ0v) is 11.9. The van der Waals surface area contributed by atoms with Gasteiger partial charge in [0.25, 0.3) is 0 Å². The van der Waals surface area contributed by atoms with Crippen LogP contribution in [0.25, 0.3) is 0 Å². The summed E-state index contributed by atoms with van der Waals surface area (Å²) in [6, 6.07) is 8.80. The predicted octanol–water partition coefficient (Wildman–Crippen LogP) is 4.29. The van der Waals surface area contributed by atoms with Gasteiger partial charge < -0.3 is 5.11 Å². The Balaban J connectivity index is 2.00. The van der Waals surface area contributed by atoms with Crippen LogP contribution >= 0.6 is 0 Å². The first-order chi connectivity index (χ1) is 8.48. The molecular weight excluding hydrogens is 220 g/mol. The Morgan fingerprint density at radius 3 is 2.44 bits per heavy atom. The fourth-order valence-electron chi connectivity index (χ4n) is 2.60. The number of hydrogen-bond donors (Lipinski definition) is 1. The number of rotatable bonds is 4. The first-order valence-electron chi connectivity index (χ1n) is 7.24. The quantitative estimate of drug-likeness (QED) is 0.840. The summed E-state index contributed by atoms with van der Waals surface area (Å²) in [4.78, 5) is 0. The lowest BCUT2D eigenvalue weighted by Crippen LogP contribution is -2.26. The van der Waals surface area contributed by atoms with Crippen molar-refractivity contribution in [2.24, 2.45) is 5.41 Å². The summed E-state index contributed by atoms with van der Waals surface area (Å²) in [5.74, 6) is 0.785. The molecule has 0 aliphatic heterocycles. The highest BCUT2D eigenvalue weighted by Crippen LogP contribution is 2.38. The van der Waals surface area contributed by atoms with E-state index in [9.17, 15) is 5.11 Å². The molecular formula is C17H26O. The maximum Gasteiger partial charge on any atom is 0.0591 e. The highest BCUT2D eigenvalue weighted by Gasteiger charge is 2.24. The molecule has 0 heterocycles. The van der Waals surface area contributed by atoms with Crippen molar-refractivity contribution in [3.8, 4) is 0 Å². The van der Waals surface area contributed by atoms with E-state index in [0.717, 1.165) is 18.8 Å². The number of aryl methyl sites for hydroxylation is 1. The smallest absolute Gasteiger partial charge is 0.0591 e. The molecule has 0 aromatic heterocycles. The molecule has 1 aromatic rings. The Hall–Kier alpha value is -0.820. The van der Waals surface area contributed by atoms with Gasteiger partial charge in [-0.25, -0.2) is 0 Å². The molecule has 1 saturated carbocycles. The molecule has 0 amide bonds. The van der Waals surface area contributed by atoms with E-state index >= 15 is 0 Å². The third-order valence-corrected chi connectivity index (χ3v) is 4.29. The van der Waals surface area contributed by atoms with Gasteiger partial charge in [0.15, 0.2) is 0 Å². The topological polar surface area (TPSA) is 20.2 Å². The van der Waals surface area contributed by atoms with Crippen molar-refractivity contribution in [2.75, 3.05) is 0 Å². The minimum absolute atomic E-state index is 0.00852. The van der Waals surface area contributed by atoms with Gasteiger partial charge in [0.1, 0.15) is 0 Å². The van der Waals surface area contributed by atoms with Crippen LogP contribution in [-0.4, -0.2) is 11.2 Å². The lowest BCUT2D eigenvalue weighted by atomic mass is 9.77. The summed E-state index contributed by atoms with van der Waals surface area (Å²) in [6.45, 7) is 6.32. The van der Waals surface area contributed by atoms with Crippen LogP contribution in [0.2, 0.25) is 0 Å². The second-order valence-corrected chi connectivity index (χ2v) is 6.75. The van der Waals surface area contributed by atoms with Gasteiger partial charge in [0, 0.05) is 0 Å². The highest BCUT2D eigenvalue weighted by atomic mass is 16.3. The second kappa shape index (κ2) is 5.44. The van der Waals surface area contributed by atoms with Crippen molar-refractivity contribution in [3.05, 3.63) is 35.4 Å². The number of hydrogen-bond acceptors (Lipinski definition) is 1. The third kappa shape index (κ3) is 3.14. The molecule has 0 bridgehead atoms. The average Bonchev–Trinajstić information content (AvgIpc) is 2.24. The van der Waals surface area contributed by atoms with E-state index in [-0.39, 0.29) is 11.5 Å². The van der Waals surface area contributed by atoms with Crippen LogP contribution < -0.4 is 0 Å². The van der Waals surface area contributed by atoms with Crippen LogP contribution in [0.4, 0.5) is 0 Å². The van der Waals surface area contributed by atoms with Crippen molar-refractivity contribution in [1.29, 1.82) is 0 Å².